The molecule has 0 amide bonds. The number of ether oxygens (including phenoxy) is 1. The van der Waals surface area contributed by atoms with Crippen molar-refractivity contribution < 1.29 is 32.2 Å². The van der Waals surface area contributed by atoms with E-state index in [0.717, 1.165) is 0 Å². The largest absolute Gasteiger partial charge is 0.460 e. The molecule has 1 aromatic carbocycles. The van der Waals surface area contributed by atoms with E-state index < -0.39 is 45.7 Å². The molecule has 202 valence electrons. The van der Waals surface area contributed by atoms with Crippen molar-refractivity contribution in [3.63, 3.8) is 0 Å². The van der Waals surface area contributed by atoms with Crippen LogP contribution in [0.5, 0.6) is 0 Å². The lowest BCUT2D eigenvalue weighted by Crippen LogP contribution is -2.26. The third-order valence-corrected chi connectivity index (χ3v) is 6.20. The van der Waals surface area contributed by atoms with E-state index in [1.165, 1.54) is 43.3 Å². The highest BCUT2D eigenvalue weighted by molar-refractivity contribution is 7.92. The number of nitrogens with zero attached hydrogens (tertiary/aromatic N) is 2. The Kier molecular flexibility index (Phi) is 10.0. The second kappa shape index (κ2) is 12.4. The zero-order valence-electron chi connectivity index (χ0n) is 21.9. The van der Waals surface area contributed by atoms with Crippen molar-refractivity contribution in [3.05, 3.63) is 47.4 Å². The summed E-state index contributed by atoms with van der Waals surface area (Å²) in [6.07, 6.45) is 0.927. The van der Waals surface area contributed by atoms with Gasteiger partial charge in [0.2, 0.25) is 16.0 Å². The van der Waals surface area contributed by atoms with E-state index in [9.17, 15) is 27.5 Å². The van der Waals surface area contributed by atoms with Gasteiger partial charge in [-0.2, -0.15) is 0 Å². The van der Waals surface area contributed by atoms with Crippen molar-refractivity contribution in [3.8, 4) is 11.3 Å². The molecule has 0 saturated heterocycles. The first-order valence-electron chi connectivity index (χ1n) is 11.9. The normalized spacial score (nSPS) is 13.1. The number of ketones is 1. The highest BCUT2D eigenvalue weighted by atomic mass is 32.2. The van der Waals surface area contributed by atoms with E-state index in [-0.39, 0.29) is 24.0 Å². The molecule has 2 N–H and O–H groups in total. The Hall–Kier alpha value is -3.18. The summed E-state index contributed by atoms with van der Waals surface area (Å²) in [4.78, 5) is 32.9. The van der Waals surface area contributed by atoms with E-state index in [0.29, 0.717) is 22.5 Å². The fourth-order valence-corrected chi connectivity index (χ4v) is 3.81. The van der Waals surface area contributed by atoms with Crippen LogP contribution in [-0.2, 0) is 24.3 Å². The Bertz CT molecular complexity index is 1250. The molecule has 9 nitrogen and oxygen atoms in total. The first-order valence-corrected chi connectivity index (χ1v) is 13.5. The average molecular weight is 536 g/mol. The van der Waals surface area contributed by atoms with Gasteiger partial charge in [-0.15, -0.1) is 0 Å². The maximum absolute atomic E-state index is 13.6. The zero-order chi connectivity index (χ0) is 28.0. The molecule has 0 aliphatic carbocycles. The average Bonchev–Trinajstić information content (AvgIpc) is 2.76. The van der Waals surface area contributed by atoms with E-state index in [2.05, 4.69) is 14.7 Å². The van der Waals surface area contributed by atoms with Crippen LogP contribution >= 0.6 is 0 Å². The number of carbonyl (C=O) groups excluding carboxylic acids is 2. The fraction of sp³-hybridized carbons (Fsp3) is 0.462. The van der Waals surface area contributed by atoms with Gasteiger partial charge in [-0.05, 0) is 57.9 Å². The van der Waals surface area contributed by atoms with Crippen LogP contribution in [0.3, 0.4) is 0 Å². The number of benzene rings is 1. The summed E-state index contributed by atoms with van der Waals surface area (Å²) in [5.41, 5.74) is 1.04. The first-order chi connectivity index (χ1) is 17.1. The second-order valence-electron chi connectivity index (χ2n) is 9.79. The molecule has 2 rings (SSSR count). The third-order valence-electron chi connectivity index (χ3n) is 4.95. The second-order valence-corrected chi connectivity index (χ2v) is 11.8. The molecular weight excluding hydrogens is 501 g/mol. The number of nitrogens with one attached hydrogen (secondary N) is 1. The van der Waals surface area contributed by atoms with E-state index in [1.807, 2.05) is 13.8 Å². The topological polar surface area (TPSA) is 136 Å². The monoisotopic (exact) mass is 535 g/mol. The van der Waals surface area contributed by atoms with Gasteiger partial charge < -0.3 is 9.84 Å². The Labute approximate surface area is 217 Å². The minimum atomic E-state index is -3.66. The number of anilines is 1. The lowest BCUT2D eigenvalue weighted by molar-refractivity contribution is -0.156. The van der Waals surface area contributed by atoms with Crippen LogP contribution in [0.2, 0.25) is 0 Å². The molecule has 2 aromatic rings. The maximum Gasteiger partial charge on any atom is 0.313 e. The summed E-state index contributed by atoms with van der Waals surface area (Å²) in [5.74, 6) is -2.11. The summed E-state index contributed by atoms with van der Waals surface area (Å²) >= 11 is 0. The van der Waals surface area contributed by atoms with Gasteiger partial charge in [0.05, 0.1) is 23.2 Å². The molecule has 1 aromatic heterocycles. The van der Waals surface area contributed by atoms with Gasteiger partial charge in [0.25, 0.3) is 0 Å². The lowest BCUT2D eigenvalue weighted by Gasteiger charge is -2.19. The Morgan fingerprint density at radius 2 is 1.78 bits per heavy atom. The highest BCUT2D eigenvalue weighted by Crippen LogP contribution is 2.31. The van der Waals surface area contributed by atoms with E-state index in [4.69, 9.17) is 4.74 Å². The Morgan fingerprint density at radius 3 is 2.32 bits per heavy atom. The number of carbonyl (C=O) groups is 2. The zero-order valence-corrected chi connectivity index (χ0v) is 22.7. The molecule has 11 heteroatoms. The molecule has 0 radical (unpaired) electrons. The number of halogens is 1. The number of rotatable bonds is 11. The predicted molar refractivity (Wildman–Crippen MR) is 140 cm³/mol. The molecule has 37 heavy (non-hydrogen) atoms. The van der Waals surface area contributed by atoms with Crippen molar-refractivity contribution in [2.45, 2.75) is 72.0 Å². The SMILES string of the molecule is CCS(=O)(=O)Nc1nc(-c2ccc(F)cc2)c(C=C[C@@H](O)CC(=O)CC(=O)OC(C)(C)C)c(C(C)C)n1. The van der Waals surface area contributed by atoms with E-state index in [1.54, 1.807) is 20.8 Å². The molecule has 0 aliphatic rings. The highest BCUT2D eigenvalue weighted by Gasteiger charge is 2.22. The Morgan fingerprint density at radius 1 is 1.16 bits per heavy atom. The number of aromatic nitrogens is 2. The molecule has 0 fully saturated rings. The number of esters is 1. The minimum Gasteiger partial charge on any atom is -0.460 e. The number of hydrogen-bond acceptors (Lipinski definition) is 8. The summed E-state index contributed by atoms with van der Waals surface area (Å²) in [7, 11) is -3.66. The summed E-state index contributed by atoms with van der Waals surface area (Å²) < 4.78 is 45.4. The summed E-state index contributed by atoms with van der Waals surface area (Å²) in [6, 6.07) is 5.50. The van der Waals surface area contributed by atoms with Crippen molar-refractivity contribution in [2.24, 2.45) is 0 Å². The number of aliphatic hydroxyl groups is 1. The number of hydrogen-bond donors (Lipinski definition) is 2. The van der Waals surface area contributed by atoms with Gasteiger partial charge in [0.15, 0.2) is 0 Å². The lowest BCUT2D eigenvalue weighted by atomic mass is 9.97. The van der Waals surface area contributed by atoms with Crippen LogP contribution in [0.1, 0.15) is 71.6 Å². The summed E-state index contributed by atoms with van der Waals surface area (Å²) in [6.45, 7) is 10.3. The Balaban J connectivity index is 2.42. The van der Waals surface area contributed by atoms with E-state index >= 15 is 0 Å². The van der Waals surface area contributed by atoms with Gasteiger partial charge in [0, 0.05) is 17.5 Å². The quantitative estimate of drug-likeness (QED) is 0.322. The number of aliphatic hydroxyl groups excluding tert-OH is 1. The maximum atomic E-state index is 13.6. The minimum absolute atomic E-state index is 0.130. The van der Waals surface area contributed by atoms with Crippen molar-refractivity contribution in [2.75, 3.05) is 10.5 Å². The predicted octanol–water partition coefficient (Wildman–Crippen LogP) is 4.23. The van der Waals surface area contributed by atoms with Crippen LogP contribution in [0.4, 0.5) is 10.3 Å². The van der Waals surface area contributed by atoms with Crippen molar-refractivity contribution in [1.29, 1.82) is 0 Å². The van der Waals surface area contributed by atoms with Crippen LogP contribution in [0.15, 0.2) is 30.3 Å². The fourth-order valence-electron chi connectivity index (χ4n) is 3.30. The van der Waals surface area contributed by atoms with Crippen molar-refractivity contribution in [1.82, 2.24) is 9.97 Å². The molecule has 1 atom stereocenters. The molecule has 0 aliphatic heterocycles. The third kappa shape index (κ3) is 9.66. The molecule has 1 heterocycles. The number of Topliss-reactive ketones (excluding diaryl/α,β-unsaturated/α-hetero) is 1. The molecule has 0 spiro atoms. The van der Waals surface area contributed by atoms with Crippen LogP contribution in [0, 0.1) is 5.82 Å². The standard InChI is InChI=1S/C26H34FN3O6S/c1-7-37(34,35)30-25-28-23(16(2)3)21(24(29-25)17-8-10-18(27)11-9-17)13-12-19(31)14-20(32)15-22(33)36-26(4,5)6/h8-13,16,19,31H,7,14-15H2,1-6H3,(H,28,29,30)/t19-/m1/s1. The smallest absolute Gasteiger partial charge is 0.313 e. The van der Waals surface area contributed by atoms with Gasteiger partial charge >= 0.3 is 5.97 Å². The van der Waals surface area contributed by atoms with Crippen LogP contribution in [0.25, 0.3) is 17.3 Å². The van der Waals surface area contributed by atoms with Gasteiger partial charge in [-0.3, -0.25) is 14.3 Å². The molecule has 0 unspecified atom stereocenters. The van der Waals surface area contributed by atoms with Gasteiger partial charge in [-0.25, -0.2) is 22.8 Å². The molecule has 0 bridgehead atoms. The molecule has 0 saturated carbocycles. The summed E-state index contributed by atoms with van der Waals surface area (Å²) in [5, 5.41) is 10.5. The van der Waals surface area contributed by atoms with Gasteiger partial charge in [-0.1, -0.05) is 26.0 Å². The number of sulfonamides is 1. The van der Waals surface area contributed by atoms with Crippen LogP contribution < -0.4 is 4.72 Å². The van der Waals surface area contributed by atoms with Crippen LogP contribution in [-0.4, -0.2) is 52.7 Å². The van der Waals surface area contributed by atoms with Crippen molar-refractivity contribution >= 4 is 33.8 Å². The molecular formula is C26H34FN3O6S. The van der Waals surface area contributed by atoms with Gasteiger partial charge in [0.1, 0.15) is 23.6 Å². The first kappa shape index (κ1) is 30.0.